The minimum absolute atomic E-state index is 0.0250. The van der Waals surface area contributed by atoms with E-state index < -0.39 is 26.4 Å². The summed E-state index contributed by atoms with van der Waals surface area (Å²) in [6.45, 7) is 6.76. The van der Waals surface area contributed by atoms with Crippen molar-refractivity contribution in [1.29, 1.82) is 0 Å². The summed E-state index contributed by atoms with van der Waals surface area (Å²) in [5, 5.41) is 18.2. The predicted octanol–water partition coefficient (Wildman–Crippen LogP) is 0.974. The van der Waals surface area contributed by atoms with Gasteiger partial charge in [-0.2, -0.15) is 0 Å². The van der Waals surface area contributed by atoms with E-state index in [2.05, 4.69) is 20.5 Å². The molecule has 0 spiro atoms. The van der Waals surface area contributed by atoms with Gasteiger partial charge in [0.1, 0.15) is 0 Å². The molecular formula is C22H25IN7O3S-. The zero-order valence-corrected chi connectivity index (χ0v) is 21.8. The van der Waals surface area contributed by atoms with Gasteiger partial charge in [-0.1, -0.05) is 0 Å². The normalized spacial score (nSPS) is 14.4. The molecule has 1 saturated heterocycles. The molecular weight excluding hydrogens is 569 g/mol. The number of thiazole rings is 1. The van der Waals surface area contributed by atoms with Crippen molar-refractivity contribution in [3.05, 3.63) is 63.1 Å². The van der Waals surface area contributed by atoms with Gasteiger partial charge >= 0.3 is 213 Å². The van der Waals surface area contributed by atoms with E-state index in [4.69, 9.17) is 4.98 Å². The Hall–Kier alpha value is -2.84. The molecule has 0 atom stereocenters. The van der Waals surface area contributed by atoms with Gasteiger partial charge in [0.25, 0.3) is 0 Å². The number of nitrogens with zero attached hydrogens (tertiary/aromatic N) is 5. The van der Waals surface area contributed by atoms with Crippen molar-refractivity contribution in [3.63, 3.8) is 0 Å². The first-order valence-corrected chi connectivity index (χ1v) is 14.0. The third-order valence-electron chi connectivity index (χ3n) is 5.03. The summed E-state index contributed by atoms with van der Waals surface area (Å²) in [6, 6.07) is 10.5. The number of hydrogen-bond donors (Lipinski definition) is 2. The fourth-order valence-corrected chi connectivity index (χ4v) is 6.54. The summed E-state index contributed by atoms with van der Waals surface area (Å²) < 4.78 is 2.82. The Bertz CT molecular complexity index is 1180. The fourth-order valence-electron chi connectivity index (χ4n) is 3.45. The summed E-state index contributed by atoms with van der Waals surface area (Å²) in [7, 11) is 0. The van der Waals surface area contributed by atoms with Crippen LogP contribution in [0.2, 0.25) is 0 Å². The molecule has 12 heteroatoms. The van der Waals surface area contributed by atoms with Crippen LogP contribution in [0.15, 0.2) is 42.6 Å². The molecule has 2 N–H and O–H groups in total. The Labute approximate surface area is 212 Å². The zero-order valence-electron chi connectivity index (χ0n) is 18.8. The van der Waals surface area contributed by atoms with Crippen LogP contribution in [0.25, 0.3) is 11.3 Å². The van der Waals surface area contributed by atoms with E-state index in [0.717, 1.165) is 26.7 Å². The number of nitrogens with one attached hydrogen (secondary N) is 2. The molecule has 0 saturated carbocycles. The summed E-state index contributed by atoms with van der Waals surface area (Å²) in [5.74, 6) is 0.643. The molecule has 4 rings (SSSR count). The fraction of sp³-hybridized carbons (Fsp3) is 0.318. The number of carbonyl (C=O) groups is 1. The second-order valence-corrected chi connectivity index (χ2v) is 11.4. The van der Waals surface area contributed by atoms with E-state index >= 15 is 0 Å². The Morgan fingerprint density at radius 1 is 1.29 bits per heavy atom. The molecule has 0 radical (unpaired) electrons. The molecule has 3 aromatic rings. The van der Waals surface area contributed by atoms with Crippen LogP contribution >= 0.6 is 11.3 Å². The summed E-state index contributed by atoms with van der Waals surface area (Å²) in [5.41, 5.74) is 2.42. The number of hydrogen-bond acceptors (Lipinski definition) is 8. The number of aromatic nitrogens is 2. The number of alkyl halides is 1. The molecule has 1 aromatic carbocycles. The van der Waals surface area contributed by atoms with Crippen molar-refractivity contribution in [2.24, 2.45) is 0 Å². The van der Waals surface area contributed by atoms with Gasteiger partial charge in [0.05, 0.1) is 0 Å². The van der Waals surface area contributed by atoms with Gasteiger partial charge in [-0.3, -0.25) is 0 Å². The van der Waals surface area contributed by atoms with Crippen molar-refractivity contribution in [3.8, 4) is 11.3 Å². The van der Waals surface area contributed by atoms with Crippen LogP contribution in [-0.4, -0.2) is 53.1 Å². The molecule has 3 heterocycles. The van der Waals surface area contributed by atoms with E-state index in [9.17, 15) is 14.9 Å². The summed E-state index contributed by atoms with van der Waals surface area (Å²) >= 11 is 1.12. The number of amides is 2. The van der Waals surface area contributed by atoms with Crippen LogP contribution in [0.4, 0.5) is 21.4 Å². The number of aryl methyl sites for hydroxylation is 1. The number of benzene rings is 1. The second-order valence-electron chi connectivity index (χ2n) is 7.67. The number of halogens is 1. The summed E-state index contributed by atoms with van der Waals surface area (Å²) in [4.78, 5) is 35.5. The Morgan fingerprint density at radius 3 is 2.82 bits per heavy atom. The van der Waals surface area contributed by atoms with Gasteiger partial charge in [0.15, 0.2) is 0 Å². The molecule has 180 valence electrons. The first-order valence-electron chi connectivity index (χ1n) is 10.7. The number of pyridine rings is 1. The third kappa shape index (κ3) is 6.18. The van der Waals surface area contributed by atoms with Crippen molar-refractivity contribution in [2.75, 3.05) is 29.5 Å². The Morgan fingerprint density at radius 2 is 2.15 bits per heavy atom. The van der Waals surface area contributed by atoms with Crippen LogP contribution in [0.1, 0.15) is 17.4 Å². The quantitative estimate of drug-likeness (QED) is 0.105. The number of non-ortho nitro benzene ring substituents is 1. The molecule has 1 aliphatic rings. The molecule has 1 fully saturated rings. The van der Waals surface area contributed by atoms with Gasteiger partial charge in [-0.25, -0.2) is 0 Å². The average molecular weight is 594 g/mol. The number of carbonyl (C=O) groups excluding carboxylic acids is 1. The molecule has 2 amide bonds. The monoisotopic (exact) mass is 594 g/mol. The number of nitro groups is 1. The second kappa shape index (κ2) is 11.1. The van der Waals surface area contributed by atoms with Crippen LogP contribution in [0, 0.1) is 17.0 Å². The first-order chi connectivity index (χ1) is 16.4. The number of nitro benzene ring substituents is 1. The molecule has 2 aromatic heterocycles. The van der Waals surface area contributed by atoms with Crippen molar-refractivity contribution in [2.45, 2.75) is 20.4 Å². The minimum atomic E-state index is -0.420. The Kier molecular flexibility index (Phi) is 7.90. The van der Waals surface area contributed by atoms with Gasteiger partial charge in [-0.15, -0.1) is 0 Å². The molecule has 0 aliphatic carbocycles. The predicted molar refractivity (Wildman–Crippen MR) is 128 cm³/mol. The number of urea groups is 1. The van der Waals surface area contributed by atoms with Crippen LogP contribution in [0.3, 0.4) is 0 Å². The standard InChI is InChI=1S/C22H25IN7O3S/c1-3-24-22(31)29-8-7-28(14-23-29)13-16-9-19(17-5-4-6-18(11-17)30(32)33)26-20(10-16)27-21-25-12-15(2)34-21/h4-6,9-12H,3,7-8,13-14H2,1-2H3,(H,24,31)(H,25,26,27)/q-1. The molecule has 1 aliphatic heterocycles. The SMILES string of the molecule is CCNC(=O)N1CCN(Cc2cc(Nc3ncc(C)s3)nc(-c3cccc([N+](=O)[O-])c3)c2)C[I-]1. The summed E-state index contributed by atoms with van der Waals surface area (Å²) in [6.07, 6.45) is 1.80. The van der Waals surface area contributed by atoms with Gasteiger partial charge < -0.3 is 0 Å². The van der Waals surface area contributed by atoms with E-state index in [1.807, 2.05) is 35.2 Å². The van der Waals surface area contributed by atoms with Crippen LogP contribution in [0.5, 0.6) is 0 Å². The van der Waals surface area contributed by atoms with Crippen molar-refractivity contribution >= 4 is 34.0 Å². The molecule has 0 bridgehead atoms. The number of rotatable bonds is 7. The van der Waals surface area contributed by atoms with E-state index in [1.165, 1.54) is 17.4 Å². The molecule has 34 heavy (non-hydrogen) atoms. The van der Waals surface area contributed by atoms with E-state index in [0.29, 0.717) is 36.7 Å². The Balaban J connectivity index is 1.57. The van der Waals surface area contributed by atoms with Gasteiger partial charge in [0, 0.05) is 0 Å². The molecule has 0 unspecified atom stereocenters. The maximum absolute atomic E-state index is 12.1. The van der Waals surface area contributed by atoms with Crippen molar-refractivity contribution in [1.82, 2.24) is 23.3 Å². The zero-order chi connectivity index (χ0) is 24.1. The van der Waals surface area contributed by atoms with Gasteiger partial charge in [-0.05, 0) is 0 Å². The molecule has 10 nitrogen and oxygen atoms in total. The van der Waals surface area contributed by atoms with E-state index in [1.54, 1.807) is 18.3 Å². The van der Waals surface area contributed by atoms with Crippen LogP contribution < -0.4 is 32.1 Å². The van der Waals surface area contributed by atoms with E-state index in [-0.39, 0.29) is 11.7 Å². The van der Waals surface area contributed by atoms with Crippen molar-refractivity contribution < 1.29 is 31.2 Å². The number of anilines is 2. The van der Waals surface area contributed by atoms with Crippen LogP contribution in [-0.2, 0) is 6.54 Å². The average Bonchev–Trinajstić information content (AvgIpc) is 3.24. The third-order valence-corrected chi connectivity index (χ3v) is 8.87. The topological polar surface area (TPSA) is 117 Å². The van der Waals surface area contributed by atoms with Gasteiger partial charge in [0.2, 0.25) is 0 Å². The first kappa shape index (κ1) is 24.3. The maximum atomic E-state index is 12.1.